The molecule has 2 N–H and O–H groups in total. The number of amides is 3. The lowest BCUT2D eigenvalue weighted by Crippen LogP contribution is -2.52. The third-order valence-corrected chi connectivity index (χ3v) is 6.97. The van der Waals surface area contributed by atoms with Crippen LogP contribution in [0.3, 0.4) is 0 Å². The molecule has 3 amide bonds. The van der Waals surface area contributed by atoms with Gasteiger partial charge in [0.05, 0.1) is 10.9 Å². The van der Waals surface area contributed by atoms with Crippen LogP contribution >= 0.6 is 23.2 Å². The molecule has 0 radical (unpaired) electrons. The predicted octanol–water partition coefficient (Wildman–Crippen LogP) is 3.04. The van der Waals surface area contributed by atoms with E-state index < -0.39 is 35.1 Å². The predicted molar refractivity (Wildman–Crippen MR) is 109 cm³/mol. The molecule has 0 unspecified atom stereocenters. The Morgan fingerprint density at radius 2 is 2.00 bits per heavy atom. The summed E-state index contributed by atoms with van der Waals surface area (Å²) < 4.78 is 15.3. The molecule has 2 fully saturated rings. The van der Waals surface area contributed by atoms with E-state index in [-0.39, 0.29) is 16.5 Å². The van der Waals surface area contributed by atoms with E-state index >= 15 is 4.39 Å². The molecule has 2 aromatic rings. The first kappa shape index (κ1) is 19.3. The topological polar surface area (TPSA) is 78.5 Å². The molecule has 6 nitrogen and oxygen atoms in total. The number of nitrogens with zero attached hydrogens (tertiary/aromatic N) is 1. The van der Waals surface area contributed by atoms with Crippen LogP contribution in [-0.2, 0) is 19.9 Å². The monoisotopic (exact) mass is 447 g/mol. The molecule has 3 heterocycles. The smallest absolute Gasteiger partial charge is 0.255 e. The van der Waals surface area contributed by atoms with Gasteiger partial charge in [-0.05, 0) is 30.2 Å². The number of hydrogen-bond donors (Lipinski definition) is 2. The third-order valence-electron chi connectivity index (χ3n) is 6.45. The average molecular weight is 448 g/mol. The van der Waals surface area contributed by atoms with Crippen LogP contribution in [-0.4, -0.2) is 35.7 Å². The van der Waals surface area contributed by atoms with Crippen molar-refractivity contribution in [2.24, 2.45) is 5.92 Å². The minimum Gasteiger partial charge on any atom is -0.356 e. The van der Waals surface area contributed by atoms with Crippen LogP contribution in [0.1, 0.15) is 23.5 Å². The Kier molecular flexibility index (Phi) is 4.31. The Labute approximate surface area is 181 Å². The van der Waals surface area contributed by atoms with Gasteiger partial charge in [0, 0.05) is 34.8 Å². The van der Waals surface area contributed by atoms with Crippen LogP contribution in [0, 0.1) is 11.7 Å². The van der Waals surface area contributed by atoms with Crippen molar-refractivity contribution in [3.63, 3.8) is 0 Å². The summed E-state index contributed by atoms with van der Waals surface area (Å²) >= 11 is 12.2. The van der Waals surface area contributed by atoms with Crippen LogP contribution < -0.4 is 10.6 Å². The number of hydrogen-bond acceptors (Lipinski definition) is 3. The number of anilines is 1. The van der Waals surface area contributed by atoms with Crippen molar-refractivity contribution in [1.29, 1.82) is 0 Å². The molecule has 2 aromatic carbocycles. The van der Waals surface area contributed by atoms with E-state index in [0.29, 0.717) is 35.6 Å². The number of benzene rings is 2. The maximum atomic E-state index is 15.3. The van der Waals surface area contributed by atoms with Crippen LogP contribution in [0.4, 0.5) is 10.1 Å². The van der Waals surface area contributed by atoms with Gasteiger partial charge in [-0.3, -0.25) is 14.4 Å². The number of rotatable bonds is 2. The lowest BCUT2D eigenvalue weighted by atomic mass is 9.70. The molecular formula is C21H16Cl2FN3O3. The lowest BCUT2D eigenvalue weighted by Gasteiger charge is -2.37. The summed E-state index contributed by atoms with van der Waals surface area (Å²) in [4.78, 5) is 40.2. The molecule has 3 aliphatic rings. The van der Waals surface area contributed by atoms with E-state index in [1.807, 2.05) is 0 Å². The molecular weight excluding hydrogens is 432 g/mol. The quantitative estimate of drug-likeness (QED) is 0.694. The van der Waals surface area contributed by atoms with Gasteiger partial charge in [-0.25, -0.2) is 4.39 Å². The standard InChI is InChI=1S/C21H16Cl2FN3O3/c22-10-4-5-12-14(8-10)26-20(30)21(12)17(11-2-1-3-13(23)18(11)24)16-15(27(21)9-28)6-7-25-19(16)29/h1-5,8-9,15-17H,6-7H2,(H,25,29)(H,26,30)/t15-,16+,17-,21+/m0/s1. The first-order chi connectivity index (χ1) is 14.4. The van der Waals surface area contributed by atoms with E-state index in [1.54, 1.807) is 24.3 Å². The Morgan fingerprint density at radius 3 is 2.77 bits per heavy atom. The number of halogens is 3. The number of nitrogens with one attached hydrogen (secondary N) is 2. The number of carbonyl (C=O) groups excluding carboxylic acids is 3. The number of likely N-dealkylation sites (tertiary alicyclic amines) is 1. The first-order valence-corrected chi connectivity index (χ1v) is 10.2. The van der Waals surface area contributed by atoms with E-state index in [0.717, 1.165) is 0 Å². The van der Waals surface area contributed by atoms with Gasteiger partial charge in [-0.15, -0.1) is 0 Å². The van der Waals surface area contributed by atoms with Crippen LogP contribution in [0.25, 0.3) is 0 Å². The third kappa shape index (κ3) is 2.33. The Balaban J connectivity index is 1.85. The molecule has 5 rings (SSSR count). The van der Waals surface area contributed by atoms with Crippen molar-refractivity contribution in [3.8, 4) is 0 Å². The second kappa shape index (κ2) is 6.68. The second-order valence-corrected chi connectivity index (χ2v) is 8.56. The Hall–Kier alpha value is -2.64. The van der Waals surface area contributed by atoms with Crippen molar-refractivity contribution < 1.29 is 18.8 Å². The zero-order valence-electron chi connectivity index (χ0n) is 15.5. The molecule has 2 saturated heterocycles. The van der Waals surface area contributed by atoms with Crippen molar-refractivity contribution in [2.75, 3.05) is 11.9 Å². The molecule has 4 atom stereocenters. The van der Waals surface area contributed by atoms with Gasteiger partial charge in [-0.1, -0.05) is 41.4 Å². The summed E-state index contributed by atoms with van der Waals surface area (Å²) in [5.74, 6) is -3.31. The van der Waals surface area contributed by atoms with Gasteiger partial charge in [-0.2, -0.15) is 0 Å². The number of piperidine rings is 1. The van der Waals surface area contributed by atoms with E-state index in [2.05, 4.69) is 10.6 Å². The molecule has 0 bridgehead atoms. The highest BCUT2D eigenvalue weighted by Crippen LogP contribution is 2.60. The van der Waals surface area contributed by atoms with Gasteiger partial charge >= 0.3 is 0 Å². The minimum atomic E-state index is -1.59. The van der Waals surface area contributed by atoms with E-state index in [1.165, 1.54) is 17.0 Å². The minimum absolute atomic E-state index is 0.116. The zero-order valence-corrected chi connectivity index (χ0v) is 17.0. The number of fused-ring (bicyclic) bond motifs is 3. The highest BCUT2D eigenvalue weighted by atomic mass is 35.5. The van der Waals surface area contributed by atoms with Crippen molar-refractivity contribution in [2.45, 2.75) is 23.9 Å². The highest BCUT2D eigenvalue weighted by Gasteiger charge is 2.69. The Morgan fingerprint density at radius 1 is 1.20 bits per heavy atom. The van der Waals surface area contributed by atoms with Gasteiger partial charge in [0.15, 0.2) is 5.54 Å². The first-order valence-electron chi connectivity index (χ1n) is 9.48. The SMILES string of the molecule is O=CN1[C@H]2CCNC(=O)[C@H]2[C@H](c2cccc(Cl)c2F)[C@]12C(=O)Nc1cc(Cl)ccc12. The van der Waals surface area contributed by atoms with Gasteiger partial charge < -0.3 is 15.5 Å². The van der Waals surface area contributed by atoms with Gasteiger partial charge in [0.25, 0.3) is 5.91 Å². The average Bonchev–Trinajstić information content (AvgIpc) is 3.17. The summed E-state index contributed by atoms with van der Waals surface area (Å²) in [6.45, 7) is 0.361. The molecule has 9 heteroatoms. The van der Waals surface area contributed by atoms with Crippen LogP contribution in [0.2, 0.25) is 10.0 Å². The maximum Gasteiger partial charge on any atom is 0.255 e. The van der Waals surface area contributed by atoms with Crippen molar-refractivity contribution >= 4 is 47.1 Å². The summed E-state index contributed by atoms with van der Waals surface area (Å²) in [5.41, 5.74) is -0.553. The molecule has 0 aliphatic carbocycles. The summed E-state index contributed by atoms with van der Waals surface area (Å²) in [7, 11) is 0. The largest absolute Gasteiger partial charge is 0.356 e. The molecule has 1 spiro atoms. The molecule has 154 valence electrons. The van der Waals surface area contributed by atoms with E-state index in [4.69, 9.17) is 23.2 Å². The van der Waals surface area contributed by atoms with Crippen molar-refractivity contribution in [1.82, 2.24) is 10.2 Å². The molecule has 3 aliphatic heterocycles. The maximum absolute atomic E-state index is 15.3. The Bertz CT molecular complexity index is 1110. The fourth-order valence-corrected chi connectivity index (χ4v) is 5.73. The van der Waals surface area contributed by atoms with Crippen LogP contribution in [0.15, 0.2) is 36.4 Å². The summed E-state index contributed by atoms with van der Waals surface area (Å²) in [5, 5.41) is 5.87. The fourth-order valence-electron chi connectivity index (χ4n) is 5.38. The zero-order chi connectivity index (χ0) is 21.2. The highest BCUT2D eigenvalue weighted by molar-refractivity contribution is 6.31. The van der Waals surface area contributed by atoms with Gasteiger partial charge in [0.2, 0.25) is 12.3 Å². The molecule has 0 aromatic heterocycles. The summed E-state index contributed by atoms with van der Waals surface area (Å²) in [6, 6.07) is 8.77. The van der Waals surface area contributed by atoms with Crippen molar-refractivity contribution in [3.05, 3.63) is 63.4 Å². The number of carbonyl (C=O) groups is 3. The van der Waals surface area contributed by atoms with E-state index in [9.17, 15) is 14.4 Å². The molecule has 0 saturated carbocycles. The molecule has 30 heavy (non-hydrogen) atoms. The normalized spacial score (nSPS) is 29.4. The van der Waals surface area contributed by atoms with Gasteiger partial charge in [0.1, 0.15) is 5.82 Å². The second-order valence-electron chi connectivity index (χ2n) is 7.72. The fraction of sp³-hybridized carbons (Fsp3) is 0.286. The summed E-state index contributed by atoms with van der Waals surface area (Å²) in [6.07, 6.45) is 1.04. The van der Waals surface area contributed by atoms with Crippen LogP contribution in [0.5, 0.6) is 0 Å². The lowest BCUT2D eigenvalue weighted by molar-refractivity contribution is -0.137.